The standard InChI is InChI=1S/C66H43NS/c1-3-15-49(16-4-1)65-61-23-10-9-21-57(61)58-40-34-51(42-62(58)66(65)50-17-5-2-6-18-50)46-32-37-53(38-33-46)67(54-39-41-60-59-22-11-12-25-63(59)68-64(60)43-54)52-35-30-45(31-36-52)44-26-28-48(29-27-44)56-24-13-19-47-14-7-8-20-55(47)56/h1-43H. The van der Waals surface area contributed by atoms with Crippen LogP contribution in [0.1, 0.15) is 0 Å². The fourth-order valence-electron chi connectivity index (χ4n) is 10.4. The molecule has 0 saturated carbocycles. The van der Waals surface area contributed by atoms with Crippen LogP contribution in [0.2, 0.25) is 0 Å². The van der Waals surface area contributed by atoms with Gasteiger partial charge in [0.15, 0.2) is 0 Å². The fourth-order valence-corrected chi connectivity index (χ4v) is 11.5. The molecule has 318 valence electrons. The molecular weight excluding hydrogens is 839 g/mol. The van der Waals surface area contributed by atoms with Crippen LogP contribution in [0, 0.1) is 0 Å². The van der Waals surface area contributed by atoms with Crippen molar-refractivity contribution in [2.24, 2.45) is 0 Å². The molecule has 1 nitrogen and oxygen atoms in total. The van der Waals surface area contributed by atoms with E-state index in [0.717, 1.165) is 17.1 Å². The van der Waals surface area contributed by atoms with Crippen molar-refractivity contribution >= 4 is 80.9 Å². The first kappa shape index (κ1) is 39.8. The molecule has 0 atom stereocenters. The normalized spacial score (nSPS) is 11.5. The topological polar surface area (TPSA) is 3.24 Å². The van der Waals surface area contributed by atoms with E-state index in [9.17, 15) is 0 Å². The predicted octanol–water partition coefficient (Wildman–Crippen LogP) is 19.3. The van der Waals surface area contributed by atoms with Crippen LogP contribution < -0.4 is 4.90 Å². The lowest BCUT2D eigenvalue weighted by molar-refractivity contribution is 1.29. The third-order valence-electron chi connectivity index (χ3n) is 13.7. The molecule has 0 N–H and O–H groups in total. The van der Waals surface area contributed by atoms with Gasteiger partial charge in [0.05, 0.1) is 0 Å². The van der Waals surface area contributed by atoms with E-state index in [2.05, 4.69) is 266 Å². The van der Waals surface area contributed by atoms with Crippen molar-refractivity contribution in [2.75, 3.05) is 4.90 Å². The molecule has 0 bridgehead atoms. The summed E-state index contributed by atoms with van der Waals surface area (Å²) < 4.78 is 2.59. The van der Waals surface area contributed by atoms with E-state index >= 15 is 0 Å². The van der Waals surface area contributed by atoms with Gasteiger partial charge in [-0.3, -0.25) is 0 Å². The summed E-state index contributed by atoms with van der Waals surface area (Å²) in [4.78, 5) is 2.40. The molecule has 13 aromatic rings. The Bertz CT molecular complexity index is 3980. The summed E-state index contributed by atoms with van der Waals surface area (Å²) in [6, 6.07) is 95.7. The average Bonchev–Trinajstić information content (AvgIpc) is 3.79. The second-order valence-electron chi connectivity index (χ2n) is 17.6. The first-order valence-corrected chi connectivity index (χ1v) is 24.1. The van der Waals surface area contributed by atoms with Gasteiger partial charge in [0.1, 0.15) is 0 Å². The number of hydrogen-bond donors (Lipinski definition) is 0. The molecule has 1 heterocycles. The summed E-state index contributed by atoms with van der Waals surface area (Å²) in [5.41, 5.74) is 15.5. The van der Waals surface area contributed by atoms with Crippen molar-refractivity contribution in [1.82, 2.24) is 0 Å². The van der Waals surface area contributed by atoms with Gasteiger partial charge in [-0.05, 0) is 136 Å². The third-order valence-corrected chi connectivity index (χ3v) is 14.8. The molecule has 0 saturated heterocycles. The zero-order chi connectivity index (χ0) is 45.0. The van der Waals surface area contributed by atoms with E-state index in [4.69, 9.17) is 0 Å². The highest BCUT2D eigenvalue weighted by atomic mass is 32.1. The minimum Gasteiger partial charge on any atom is -0.310 e. The largest absolute Gasteiger partial charge is 0.310 e. The van der Waals surface area contributed by atoms with Gasteiger partial charge in [-0.15, -0.1) is 11.3 Å². The zero-order valence-electron chi connectivity index (χ0n) is 37.2. The lowest BCUT2D eigenvalue weighted by atomic mass is 9.84. The summed E-state index contributed by atoms with van der Waals surface area (Å²) in [7, 11) is 0. The fraction of sp³-hybridized carbons (Fsp3) is 0. The first-order chi connectivity index (χ1) is 33.7. The molecule has 0 fully saturated rings. The summed E-state index contributed by atoms with van der Waals surface area (Å²) >= 11 is 1.86. The highest BCUT2D eigenvalue weighted by molar-refractivity contribution is 7.25. The van der Waals surface area contributed by atoms with E-state index in [1.54, 1.807) is 0 Å². The van der Waals surface area contributed by atoms with E-state index in [0.29, 0.717) is 0 Å². The molecule has 12 aromatic carbocycles. The van der Waals surface area contributed by atoms with Gasteiger partial charge in [0, 0.05) is 37.2 Å². The number of rotatable bonds is 8. The lowest BCUT2D eigenvalue weighted by Gasteiger charge is -2.26. The third kappa shape index (κ3) is 6.93. The number of benzene rings is 12. The van der Waals surface area contributed by atoms with Crippen molar-refractivity contribution in [2.45, 2.75) is 0 Å². The Morgan fingerprint density at radius 2 is 0.691 bits per heavy atom. The monoisotopic (exact) mass is 881 g/mol. The second kappa shape index (κ2) is 16.7. The van der Waals surface area contributed by atoms with Gasteiger partial charge in [-0.1, -0.05) is 212 Å². The second-order valence-corrected chi connectivity index (χ2v) is 18.7. The van der Waals surface area contributed by atoms with Crippen molar-refractivity contribution in [1.29, 1.82) is 0 Å². The van der Waals surface area contributed by atoms with Gasteiger partial charge in [-0.25, -0.2) is 0 Å². The average molecular weight is 882 g/mol. The highest BCUT2D eigenvalue weighted by Gasteiger charge is 2.20. The Hall–Kier alpha value is -8.56. The first-order valence-electron chi connectivity index (χ1n) is 23.3. The molecule has 0 aliphatic rings. The number of fused-ring (bicyclic) bond motifs is 7. The molecule has 68 heavy (non-hydrogen) atoms. The van der Waals surface area contributed by atoms with Gasteiger partial charge >= 0.3 is 0 Å². The van der Waals surface area contributed by atoms with Gasteiger partial charge in [0.2, 0.25) is 0 Å². The minimum atomic E-state index is 1.10. The van der Waals surface area contributed by atoms with Gasteiger partial charge in [0.25, 0.3) is 0 Å². The van der Waals surface area contributed by atoms with Crippen LogP contribution in [0.4, 0.5) is 17.1 Å². The Morgan fingerprint density at radius 3 is 1.38 bits per heavy atom. The van der Waals surface area contributed by atoms with E-state index in [1.165, 1.54) is 108 Å². The SMILES string of the molecule is c1ccc(-c2c(-c3ccccc3)c3cc(-c4ccc(N(c5ccc(-c6ccc(-c7cccc8ccccc78)cc6)cc5)c5ccc6c(c5)sc5ccccc56)cc4)ccc3c3ccccc23)cc1. The predicted molar refractivity (Wildman–Crippen MR) is 294 cm³/mol. The highest BCUT2D eigenvalue weighted by Crippen LogP contribution is 2.46. The Labute approximate surface area is 400 Å². The lowest BCUT2D eigenvalue weighted by Crippen LogP contribution is -2.09. The van der Waals surface area contributed by atoms with Crippen LogP contribution in [-0.4, -0.2) is 0 Å². The quantitative estimate of drug-likeness (QED) is 0.137. The van der Waals surface area contributed by atoms with Crippen LogP contribution in [0.15, 0.2) is 261 Å². The maximum absolute atomic E-state index is 2.41. The van der Waals surface area contributed by atoms with Crippen LogP contribution >= 0.6 is 11.3 Å². The van der Waals surface area contributed by atoms with Crippen LogP contribution in [0.3, 0.4) is 0 Å². The molecule has 0 unspecified atom stereocenters. The molecule has 0 aliphatic carbocycles. The molecular formula is C66H43NS. The van der Waals surface area contributed by atoms with Crippen LogP contribution in [0.25, 0.3) is 108 Å². The number of anilines is 3. The smallest absolute Gasteiger partial charge is 0.0476 e. The number of thiophene rings is 1. The molecule has 0 spiro atoms. The maximum Gasteiger partial charge on any atom is 0.0476 e. The Kier molecular flexibility index (Phi) is 9.77. The minimum absolute atomic E-state index is 1.10. The summed E-state index contributed by atoms with van der Waals surface area (Å²) in [6.45, 7) is 0. The molecule has 1 aromatic heterocycles. The van der Waals surface area contributed by atoms with Gasteiger partial charge < -0.3 is 4.90 Å². The molecule has 2 heteroatoms. The Morgan fingerprint density at radius 1 is 0.235 bits per heavy atom. The number of nitrogens with zero attached hydrogens (tertiary/aromatic N) is 1. The van der Waals surface area contributed by atoms with Crippen molar-refractivity contribution in [3.63, 3.8) is 0 Å². The molecule has 13 rings (SSSR count). The van der Waals surface area contributed by atoms with Crippen LogP contribution in [-0.2, 0) is 0 Å². The summed E-state index contributed by atoms with van der Waals surface area (Å²) in [5, 5.41) is 10.2. The summed E-state index contributed by atoms with van der Waals surface area (Å²) in [5.74, 6) is 0. The summed E-state index contributed by atoms with van der Waals surface area (Å²) in [6.07, 6.45) is 0. The van der Waals surface area contributed by atoms with E-state index < -0.39 is 0 Å². The molecule has 0 amide bonds. The molecule has 0 radical (unpaired) electrons. The van der Waals surface area contributed by atoms with Crippen LogP contribution in [0.5, 0.6) is 0 Å². The van der Waals surface area contributed by atoms with Crippen molar-refractivity contribution in [3.8, 4) is 55.6 Å². The maximum atomic E-state index is 2.41. The van der Waals surface area contributed by atoms with Crippen molar-refractivity contribution in [3.05, 3.63) is 261 Å². The van der Waals surface area contributed by atoms with Crippen molar-refractivity contribution < 1.29 is 0 Å². The molecule has 0 aliphatic heterocycles. The zero-order valence-corrected chi connectivity index (χ0v) is 38.0. The van der Waals surface area contributed by atoms with E-state index in [-0.39, 0.29) is 0 Å². The number of hydrogen-bond acceptors (Lipinski definition) is 2. The Balaban J connectivity index is 0.902. The van der Waals surface area contributed by atoms with E-state index in [1.807, 2.05) is 11.3 Å². The van der Waals surface area contributed by atoms with Gasteiger partial charge in [-0.2, -0.15) is 0 Å².